The quantitative estimate of drug-likeness (QED) is 0.642. The maximum Gasteiger partial charge on any atom is 0.119 e. The summed E-state index contributed by atoms with van der Waals surface area (Å²) >= 11 is 0. The summed E-state index contributed by atoms with van der Waals surface area (Å²) in [4.78, 5) is 0. The van der Waals surface area contributed by atoms with E-state index in [0.717, 1.165) is 18.8 Å². The molecule has 0 heterocycles. The fraction of sp³-hybridized carbons (Fsp3) is 0.667. The van der Waals surface area contributed by atoms with E-state index in [9.17, 15) is 0 Å². The summed E-state index contributed by atoms with van der Waals surface area (Å²) in [5.41, 5.74) is 1.23. The molecule has 0 unspecified atom stereocenters. The molecule has 0 radical (unpaired) electrons. The van der Waals surface area contributed by atoms with Gasteiger partial charge in [0.2, 0.25) is 0 Å². The molecule has 1 fully saturated rings. The number of anilines is 1. The predicted molar refractivity (Wildman–Crippen MR) is 86.6 cm³/mol. The minimum atomic E-state index is 0.671. The van der Waals surface area contributed by atoms with Crippen LogP contribution in [0.4, 0.5) is 5.69 Å². The third kappa shape index (κ3) is 5.44. The zero-order valence-electron chi connectivity index (χ0n) is 12.9. The molecule has 1 aromatic carbocycles. The largest absolute Gasteiger partial charge is 0.494 e. The van der Waals surface area contributed by atoms with Crippen LogP contribution in [0.15, 0.2) is 24.3 Å². The molecule has 1 aliphatic carbocycles. The molecular weight excluding hydrogens is 246 g/mol. The second kappa shape index (κ2) is 8.89. The van der Waals surface area contributed by atoms with Gasteiger partial charge in [-0.1, -0.05) is 45.4 Å². The molecule has 112 valence electrons. The van der Waals surface area contributed by atoms with E-state index < -0.39 is 0 Å². The Kier molecular flexibility index (Phi) is 6.76. The average Bonchev–Trinajstić information content (AvgIpc) is 2.50. The lowest BCUT2D eigenvalue weighted by Gasteiger charge is -2.23. The van der Waals surface area contributed by atoms with E-state index in [0.29, 0.717) is 6.04 Å². The fourth-order valence-corrected chi connectivity index (χ4v) is 2.85. The highest BCUT2D eigenvalue weighted by Crippen LogP contribution is 2.23. The van der Waals surface area contributed by atoms with Crippen LogP contribution < -0.4 is 10.1 Å². The van der Waals surface area contributed by atoms with Crippen molar-refractivity contribution in [2.24, 2.45) is 0 Å². The Morgan fingerprint density at radius 2 is 1.75 bits per heavy atom. The minimum Gasteiger partial charge on any atom is -0.494 e. The number of rotatable bonds is 8. The topological polar surface area (TPSA) is 21.3 Å². The molecule has 0 spiro atoms. The summed E-state index contributed by atoms with van der Waals surface area (Å²) in [7, 11) is 0. The van der Waals surface area contributed by atoms with E-state index in [1.54, 1.807) is 0 Å². The van der Waals surface area contributed by atoms with Gasteiger partial charge in [0.15, 0.2) is 0 Å². The molecule has 2 rings (SSSR count). The van der Waals surface area contributed by atoms with Crippen molar-refractivity contribution in [3.63, 3.8) is 0 Å². The summed E-state index contributed by atoms with van der Waals surface area (Å²) in [6, 6.07) is 9.15. The van der Waals surface area contributed by atoms with E-state index in [1.165, 1.54) is 57.1 Å². The maximum absolute atomic E-state index is 5.77. The summed E-state index contributed by atoms with van der Waals surface area (Å²) in [5.74, 6) is 0.996. The van der Waals surface area contributed by atoms with Crippen LogP contribution in [0.3, 0.4) is 0 Å². The lowest BCUT2D eigenvalue weighted by molar-refractivity contribution is 0.305. The normalized spacial score (nSPS) is 16.1. The van der Waals surface area contributed by atoms with Crippen LogP contribution in [0, 0.1) is 0 Å². The number of ether oxygens (including phenoxy) is 1. The first kappa shape index (κ1) is 15.2. The van der Waals surface area contributed by atoms with E-state index in [-0.39, 0.29) is 0 Å². The molecule has 0 bridgehead atoms. The summed E-state index contributed by atoms with van der Waals surface area (Å²) in [5, 5.41) is 3.64. The van der Waals surface area contributed by atoms with Crippen molar-refractivity contribution in [2.45, 2.75) is 70.8 Å². The first-order chi connectivity index (χ1) is 9.88. The molecule has 0 aliphatic heterocycles. The number of benzene rings is 1. The van der Waals surface area contributed by atoms with Gasteiger partial charge in [-0.2, -0.15) is 0 Å². The highest BCUT2D eigenvalue weighted by atomic mass is 16.5. The lowest BCUT2D eigenvalue weighted by atomic mass is 9.95. The standard InChI is InChI=1S/C18H29NO/c1-2-3-4-8-15-20-18-13-11-17(12-14-18)19-16-9-6-5-7-10-16/h11-14,16,19H,2-10,15H2,1H3. The zero-order valence-corrected chi connectivity index (χ0v) is 12.9. The van der Waals surface area contributed by atoms with Gasteiger partial charge in [-0.15, -0.1) is 0 Å². The van der Waals surface area contributed by atoms with Crippen LogP contribution in [0.2, 0.25) is 0 Å². The Hall–Kier alpha value is -1.18. The highest BCUT2D eigenvalue weighted by molar-refractivity contribution is 5.47. The molecular formula is C18H29NO. The first-order valence-corrected chi connectivity index (χ1v) is 8.38. The molecule has 2 nitrogen and oxygen atoms in total. The Bertz CT molecular complexity index is 354. The number of nitrogens with one attached hydrogen (secondary N) is 1. The second-order valence-corrected chi connectivity index (χ2v) is 5.91. The van der Waals surface area contributed by atoms with E-state index in [4.69, 9.17) is 4.74 Å². The van der Waals surface area contributed by atoms with Gasteiger partial charge in [-0.25, -0.2) is 0 Å². The van der Waals surface area contributed by atoms with Crippen molar-refractivity contribution in [2.75, 3.05) is 11.9 Å². The van der Waals surface area contributed by atoms with Crippen LogP contribution in [0.25, 0.3) is 0 Å². The van der Waals surface area contributed by atoms with Crippen LogP contribution in [0.1, 0.15) is 64.7 Å². The van der Waals surface area contributed by atoms with Gasteiger partial charge in [-0.05, 0) is 43.5 Å². The van der Waals surface area contributed by atoms with Gasteiger partial charge in [0.25, 0.3) is 0 Å². The van der Waals surface area contributed by atoms with Gasteiger partial charge in [-0.3, -0.25) is 0 Å². The first-order valence-electron chi connectivity index (χ1n) is 8.38. The number of hydrogen-bond acceptors (Lipinski definition) is 2. The average molecular weight is 275 g/mol. The molecule has 1 aliphatic rings. The molecule has 0 atom stereocenters. The molecule has 1 N–H and O–H groups in total. The molecule has 0 saturated heterocycles. The molecule has 0 aromatic heterocycles. The minimum absolute atomic E-state index is 0.671. The summed E-state index contributed by atoms with van der Waals surface area (Å²) < 4.78 is 5.77. The predicted octanol–water partition coefficient (Wildman–Crippen LogP) is 5.39. The lowest BCUT2D eigenvalue weighted by Crippen LogP contribution is -2.22. The van der Waals surface area contributed by atoms with Crippen molar-refractivity contribution in [3.05, 3.63) is 24.3 Å². The van der Waals surface area contributed by atoms with Crippen molar-refractivity contribution in [1.29, 1.82) is 0 Å². The van der Waals surface area contributed by atoms with Crippen molar-refractivity contribution >= 4 is 5.69 Å². The van der Waals surface area contributed by atoms with Gasteiger partial charge >= 0.3 is 0 Å². The zero-order chi connectivity index (χ0) is 14.0. The second-order valence-electron chi connectivity index (χ2n) is 5.91. The SMILES string of the molecule is CCCCCCOc1ccc(NC2CCCCC2)cc1. The van der Waals surface area contributed by atoms with Gasteiger partial charge in [0.1, 0.15) is 5.75 Å². The third-order valence-electron chi connectivity index (χ3n) is 4.10. The van der Waals surface area contributed by atoms with Crippen molar-refractivity contribution in [3.8, 4) is 5.75 Å². The monoisotopic (exact) mass is 275 g/mol. The molecule has 1 saturated carbocycles. The molecule has 1 aromatic rings. The number of unbranched alkanes of at least 4 members (excludes halogenated alkanes) is 3. The molecule has 20 heavy (non-hydrogen) atoms. The van der Waals surface area contributed by atoms with Gasteiger partial charge < -0.3 is 10.1 Å². The van der Waals surface area contributed by atoms with Crippen LogP contribution in [0.5, 0.6) is 5.75 Å². The Morgan fingerprint density at radius 1 is 1.00 bits per heavy atom. The van der Waals surface area contributed by atoms with Crippen molar-refractivity contribution in [1.82, 2.24) is 0 Å². The third-order valence-corrected chi connectivity index (χ3v) is 4.10. The Labute approximate surface area is 123 Å². The van der Waals surface area contributed by atoms with Crippen molar-refractivity contribution < 1.29 is 4.74 Å². The van der Waals surface area contributed by atoms with Gasteiger partial charge in [0.05, 0.1) is 6.61 Å². The van der Waals surface area contributed by atoms with E-state index in [2.05, 4.69) is 36.5 Å². The van der Waals surface area contributed by atoms with E-state index >= 15 is 0 Å². The summed E-state index contributed by atoms with van der Waals surface area (Å²) in [6.07, 6.45) is 11.8. The smallest absolute Gasteiger partial charge is 0.119 e. The highest BCUT2D eigenvalue weighted by Gasteiger charge is 2.12. The Morgan fingerprint density at radius 3 is 2.45 bits per heavy atom. The van der Waals surface area contributed by atoms with Gasteiger partial charge in [0, 0.05) is 11.7 Å². The molecule has 0 amide bonds. The fourth-order valence-electron chi connectivity index (χ4n) is 2.85. The Balaban J connectivity index is 1.69. The van der Waals surface area contributed by atoms with Crippen LogP contribution >= 0.6 is 0 Å². The molecule has 2 heteroatoms. The van der Waals surface area contributed by atoms with Crippen LogP contribution in [-0.2, 0) is 0 Å². The van der Waals surface area contributed by atoms with Crippen LogP contribution in [-0.4, -0.2) is 12.6 Å². The van der Waals surface area contributed by atoms with E-state index in [1.807, 2.05) is 0 Å². The maximum atomic E-state index is 5.77. The summed E-state index contributed by atoms with van der Waals surface area (Å²) in [6.45, 7) is 3.08. The number of hydrogen-bond donors (Lipinski definition) is 1.